The predicted octanol–water partition coefficient (Wildman–Crippen LogP) is 3.12. The molecule has 0 aliphatic heterocycles. The van der Waals surface area contributed by atoms with Crippen LogP contribution in [0.5, 0.6) is 17.2 Å². The molecule has 0 radical (unpaired) electrons. The number of anilines is 1. The second-order valence-corrected chi connectivity index (χ2v) is 7.40. The van der Waals surface area contributed by atoms with Gasteiger partial charge in [0.15, 0.2) is 11.5 Å². The van der Waals surface area contributed by atoms with Crippen molar-refractivity contribution >= 4 is 38.3 Å². The van der Waals surface area contributed by atoms with Crippen molar-refractivity contribution in [3.8, 4) is 17.2 Å². The number of methoxy groups -OCH3 is 3. The average molecular weight is 449 g/mol. The lowest BCUT2D eigenvalue weighted by Gasteiger charge is -2.15. The lowest BCUT2D eigenvalue weighted by Crippen LogP contribution is -2.13. The van der Waals surface area contributed by atoms with E-state index in [4.69, 9.17) is 14.2 Å². The highest BCUT2D eigenvalue weighted by Crippen LogP contribution is 2.40. The molecule has 0 aliphatic rings. The zero-order valence-corrected chi connectivity index (χ0v) is 15.8. The first-order valence-corrected chi connectivity index (χ1v) is 9.06. The highest BCUT2D eigenvalue weighted by atomic mass is 127. The van der Waals surface area contributed by atoms with Crippen molar-refractivity contribution in [2.45, 2.75) is 4.90 Å². The molecule has 0 heterocycles. The molecule has 2 aromatic rings. The van der Waals surface area contributed by atoms with Gasteiger partial charge in [-0.25, -0.2) is 8.42 Å². The van der Waals surface area contributed by atoms with E-state index < -0.39 is 10.0 Å². The van der Waals surface area contributed by atoms with Gasteiger partial charge in [-0.3, -0.25) is 4.72 Å². The Bertz CT molecular complexity index is 765. The van der Waals surface area contributed by atoms with Crippen molar-refractivity contribution < 1.29 is 22.6 Å². The highest BCUT2D eigenvalue weighted by molar-refractivity contribution is 14.1. The molecule has 0 saturated heterocycles. The summed E-state index contributed by atoms with van der Waals surface area (Å²) in [7, 11) is 0.711. The molecule has 1 N–H and O–H groups in total. The molecular weight excluding hydrogens is 433 g/mol. The van der Waals surface area contributed by atoms with E-state index in [1.54, 1.807) is 24.3 Å². The second kappa shape index (κ2) is 7.26. The van der Waals surface area contributed by atoms with E-state index in [1.165, 1.54) is 33.5 Å². The second-order valence-electron chi connectivity index (χ2n) is 4.47. The zero-order valence-electron chi connectivity index (χ0n) is 12.8. The first-order chi connectivity index (χ1) is 10.9. The Hall–Kier alpha value is -1.68. The van der Waals surface area contributed by atoms with Crippen LogP contribution in [0.15, 0.2) is 41.3 Å². The standard InChI is InChI=1S/C15H16INO5S/c1-20-13-8-11(9-14(21-2)15(13)22-3)17-23(18,19)12-6-4-10(16)5-7-12/h4-9,17H,1-3H3. The molecule has 0 fully saturated rings. The van der Waals surface area contributed by atoms with Gasteiger partial charge in [-0.2, -0.15) is 0 Å². The summed E-state index contributed by atoms with van der Waals surface area (Å²) in [5.41, 5.74) is 0.318. The molecular formula is C15H16INO5S. The topological polar surface area (TPSA) is 73.9 Å². The molecule has 0 bridgehead atoms. The number of ether oxygens (including phenoxy) is 3. The molecule has 2 aromatic carbocycles. The number of halogens is 1. The molecule has 0 aliphatic carbocycles. The van der Waals surface area contributed by atoms with Crippen molar-refractivity contribution in [2.75, 3.05) is 26.1 Å². The van der Waals surface area contributed by atoms with Gasteiger partial charge in [0.25, 0.3) is 10.0 Å². The Morgan fingerprint density at radius 2 is 1.43 bits per heavy atom. The monoisotopic (exact) mass is 449 g/mol. The van der Waals surface area contributed by atoms with E-state index in [-0.39, 0.29) is 4.90 Å². The maximum atomic E-state index is 12.4. The number of rotatable bonds is 6. The zero-order chi connectivity index (χ0) is 17.0. The van der Waals surface area contributed by atoms with Crippen molar-refractivity contribution in [3.63, 3.8) is 0 Å². The van der Waals surface area contributed by atoms with Crippen LogP contribution >= 0.6 is 22.6 Å². The smallest absolute Gasteiger partial charge is 0.261 e. The molecule has 8 heteroatoms. The number of hydrogen-bond acceptors (Lipinski definition) is 5. The third kappa shape index (κ3) is 3.99. The maximum Gasteiger partial charge on any atom is 0.261 e. The molecule has 2 rings (SSSR count). The number of sulfonamides is 1. The molecule has 0 saturated carbocycles. The van der Waals surface area contributed by atoms with Crippen LogP contribution in [0.4, 0.5) is 5.69 Å². The van der Waals surface area contributed by atoms with Crippen molar-refractivity contribution in [1.82, 2.24) is 0 Å². The first kappa shape index (κ1) is 17.7. The summed E-state index contributed by atoms with van der Waals surface area (Å²) in [6, 6.07) is 9.61. The van der Waals surface area contributed by atoms with Crippen LogP contribution in [0.2, 0.25) is 0 Å². The SMILES string of the molecule is COc1cc(NS(=O)(=O)c2ccc(I)cc2)cc(OC)c1OC. The average Bonchev–Trinajstić information content (AvgIpc) is 2.53. The lowest BCUT2D eigenvalue weighted by molar-refractivity contribution is 0.325. The Kier molecular flexibility index (Phi) is 5.58. The number of hydrogen-bond donors (Lipinski definition) is 1. The summed E-state index contributed by atoms with van der Waals surface area (Å²) >= 11 is 2.11. The van der Waals surface area contributed by atoms with Crippen LogP contribution in [0.1, 0.15) is 0 Å². The van der Waals surface area contributed by atoms with Gasteiger partial charge in [-0.05, 0) is 46.9 Å². The minimum absolute atomic E-state index is 0.173. The van der Waals surface area contributed by atoms with Gasteiger partial charge in [-0.15, -0.1) is 0 Å². The van der Waals surface area contributed by atoms with Crippen molar-refractivity contribution in [3.05, 3.63) is 40.0 Å². The van der Waals surface area contributed by atoms with E-state index in [0.29, 0.717) is 22.9 Å². The van der Waals surface area contributed by atoms with E-state index in [0.717, 1.165) is 3.57 Å². The predicted molar refractivity (Wildman–Crippen MR) is 96.1 cm³/mol. The van der Waals surface area contributed by atoms with Crippen molar-refractivity contribution in [2.24, 2.45) is 0 Å². The van der Waals surface area contributed by atoms with Crippen LogP contribution in [0.25, 0.3) is 0 Å². The fourth-order valence-electron chi connectivity index (χ4n) is 1.97. The third-order valence-corrected chi connectivity index (χ3v) is 5.16. The van der Waals surface area contributed by atoms with Gasteiger partial charge < -0.3 is 14.2 Å². The summed E-state index contributed by atoms with van der Waals surface area (Å²) in [6.45, 7) is 0. The number of nitrogens with one attached hydrogen (secondary N) is 1. The molecule has 0 aromatic heterocycles. The van der Waals surface area contributed by atoms with E-state index >= 15 is 0 Å². The molecule has 23 heavy (non-hydrogen) atoms. The fraction of sp³-hybridized carbons (Fsp3) is 0.200. The van der Waals surface area contributed by atoms with Gasteiger partial charge in [0.1, 0.15) is 0 Å². The normalized spacial score (nSPS) is 11.0. The minimum Gasteiger partial charge on any atom is -0.493 e. The molecule has 0 spiro atoms. The van der Waals surface area contributed by atoms with Crippen LogP contribution in [-0.4, -0.2) is 29.7 Å². The highest BCUT2D eigenvalue weighted by Gasteiger charge is 2.18. The summed E-state index contributed by atoms with van der Waals surface area (Å²) in [6.07, 6.45) is 0. The molecule has 124 valence electrons. The molecule has 0 amide bonds. The van der Waals surface area contributed by atoms with Gasteiger partial charge in [0, 0.05) is 15.7 Å². The third-order valence-electron chi connectivity index (χ3n) is 3.04. The summed E-state index contributed by atoms with van der Waals surface area (Å²) in [5, 5.41) is 0. The first-order valence-electron chi connectivity index (χ1n) is 6.49. The van der Waals surface area contributed by atoms with Crippen LogP contribution in [-0.2, 0) is 10.0 Å². The molecule has 0 atom stereocenters. The summed E-state index contributed by atoms with van der Waals surface area (Å²) in [4.78, 5) is 0.173. The van der Waals surface area contributed by atoms with Crippen LogP contribution in [0.3, 0.4) is 0 Å². The van der Waals surface area contributed by atoms with Gasteiger partial charge in [-0.1, -0.05) is 0 Å². The largest absolute Gasteiger partial charge is 0.493 e. The fourth-order valence-corrected chi connectivity index (χ4v) is 3.37. The van der Waals surface area contributed by atoms with Crippen LogP contribution in [0, 0.1) is 3.57 Å². The Morgan fingerprint density at radius 3 is 1.87 bits per heavy atom. The maximum absolute atomic E-state index is 12.4. The van der Waals surface area contributed by atoms with E-state index in [2.05, 4.69) is 27.3 Å². The quantitative estimate of drug-likeness (QED) is 0.687. The van der Waals surface area contributed by atoms with Gasteiger partial charge >= 0.3 is 0 Å². The van der Waals surface area contributed by atoms with E-state index in [1.807, 2.05) is 0 Å². The number of benzene rings is 2. The van der Waals surface area contributed by atoms with Crippen molar-refractivity contribution in [1.29, 1.82) is 0 Å². The van der Waals surface area contributed by atoms with Gasteiger partial charge in [0.2, 0.25) is 5.75 Å². The van der Waals surface area contributed by atoms with Gasteiger partial charge in [0.05, 0.1) is 31.9 Å². The molecule has 6 nitrogen and oxygen atoms in total. The van der Waals surface area contributed by atoms with Crippen LogP contribution < -0.4 is 18.9 Å². The summed E-state index contributed by atoms with van der Waals surface area (Å²) in [5.74, 6) is 1.13. The summed E-state index contributed by atoms with van der Waals surface area (Å²) < 4.78 is 44.0. The lowest BCUT2D eigenvalue weighted by atomic mass is 10.2. The minimum atomic E-state index is -3.70. The van der Waals surface area contributed by atoms with E-state index in [9.17, 15) is 8.42 Å². The Morgan fingerprint density at radius 1 is 0.913 bits per heavy atom. The molecule has 0 unspecified atom stereocenters. The Labute approximate surface area is 148 Å². The Balaban J connectivity index is 2.41.